The van der Waals surface area contributed by atoms with Crippen molar-refractivity contribution >= 4 is 5.97 Å². The first-order valence-electron chi connectivity index (χ1n) is 10.3. The van der Waals surface area contributed by atoms with Crippen molar-refractivity contribution in [2.45, 2.75) is 96.5 Å². The van der Waals surface area contributed by atoms with E-state index in [0.29, 0.717) is 25.2 Å². The Morgan fingerprint density at radius 2 is 1.64 bits per heavy atom. The fourth-order valence-electron chi connectivity index (χ4n) is 3.34. The summed E-state index contributed by atoms with van der Waals surface area (Å²) in [5, 5.41) is 9.23. The molecular formula is C21H38O4. The van der Waals surface area contributed by atoms with E-state index >= 15 is 0 Å². The van der Waals surface area contributed by atoms with E-state index in [1.807, 2.05) is 0 Å². The molecule has 0 bridgehead atoms. The van der Waals surface area contributed by atoms with Crippen LogP contribution in [0.1, 0.15) is 90.4 Å². The second-order valence-electron chi connectivity index (χ2n) is 7.31. The lowest BCUT2D eigenvalue weighted by molar-refractivity contribution is -0.145. The van der Waals surface area contributed by atoms with Crippen molar-refractivity contribution in [1.82, 2.24) is 0 Å². The van der Waals surface area contributed by atoms with Gasteiger partial charge in [-0.05, 0) is 6.42 Å². The van der Waals surface area contributed by atoms with Gasteiger partial charge in [-0.25, -0.2) is 0 Å². The number of unbranched alkanes of at least 4 members (excludes halogenated alkanes) is 10. The third-order valence-corrected chi connectivity index (χ3v) is 4.96. The van der Waals surface area contributed by atoms with Gasteiger partial charge in [-0.2, -0.15) is 0 Å². The Kier molecular flexibility index (Phi) is 12.5. The second kappa shape index (κ2) is 14.2. The van der Waals surface area contributed by atoms with Crippen molar-refractivity contribution in [3.63, 3.8) is 0 Å². The first-order chi connectivity index (χ1) is 12.2. The lowest BCUT2D eigenvalue weighted by atomic mass is 10.0. The summed E-state index contributed by atoms with van der Waals surface area (Å²) >= 11 is 0. The Hall–Kier alpha value is -1.03. The zero-order chi connectivity index (χ0) is 18.3. The average Bonchev–Trinajstić information content (AvgIpc) is 2.97. The highest BCUT2D eigenvalue weighted by Gasteiger charge is 2.31. The lowest BCUT2D eigenvalue weighted by Crippen LogP contribution is -2.25. The molecular weight excluding hydrogens is 316 g/mol. The number of carbonyl (C=O) groups excluding carboxylic acids is 1. The molecule has 1 N–H and O–H groups in total. The van der Waals surface area contributed by atoms with Crippen LogP contribution in [0.25, 0.3) is 0 Å². The highest BCUT2D eigenvalue weighted by atomic mass is 16.5. The molecule has 25 heavy (non-hydrogen) atoms. The highest BCUT2D eigenvalue weighted by molar-refractivity contribution is 5.69. The van der Waals surface area contributed by atoms with Crippen LogP contribution in [-0.2, 0) is 14.3 Å². The van der Waals surface area contributed by atoms with Crippen molar-refractivity contribution in [2.24, 2.45) is 5.92 Å². The molecule has 0 aromatic carbocycles. The van der Waals surface area contributed by atoms with Crippen LogP contribution in [0.3, 0.4) is 0 Å². The van der Waals surface area contributed by atoms with Gasteiger partial charge in [0.25, 0.3) is 0 Å². The lowest BCUT2D eigenvalue weighted by Gasteiger charge is -2.15. The predicted molar refractivity (Wildman–Crippen MR) is 101 cm³/mol. The molecule has 0 aromatic rings. The maximum Gasteiger partial charge on any atom is 0.305 e. The van der Waals surface area contributed by atoms with Gasteiger partial charge in [-0.3, -0.25) is 4.79 Å². The monoisotopic (exact) mass is 354 g/mol. The molecule has 1 aliphatic heterocycles. The molecule has 146 valence electrons. The van der Waals surface area contributed by atoms with Gasteiger partial charge >= 0.3 is 5.97 Å². The standard InChI is InChI=1S/C21H38O4/c1-3-4-5-6-7-8-9-10-11-12-13-14-21(23)24-17-19-15-18(2)25-20(19)16-22/h19-20,22H,2-17H2,1H3/t19-,20-/m0/s1. The van der Waals surface area contributed by atoms with Gasteiger partial charge in [-0.15, -0.1) is 0 Å². The van der Waals surface area contributed by atoms with Gasteiger partial charge in [-0.1, -0.05) is 77.7 Å². The van der Waals surface area contributed by atoms with Crippen LogP contribution in [0.2, 0.25) is 0 Å². The molecule has 2 atom stereocenters. The predicted octanol–water partition coefficient (Wildman–Crippen LogP) is 5.14. The highest BCUT2D eigenvalue weighted by Crippen LogP contribution is 2.28. The van der Waals surface area contributed by atoms with E-state index in [1.54, 1.807) is 0 Å². The smallest absolute Gasteiger partial charge is 0.305 e. The van der Waals surface area contributed by atoms with Crippen molar-refractivity contribution in [3.8, 4) is 0 Å². The summed E-state index contributed by atoms with van der Waals surface area (Å²) in [6, 6.07) is 0. The number of rotatable bonds is 15. The number of aliphatic hydroxyl groups is 1. The Labute approximate surface area is 154 Å². The summed E-state index contributed by atoms with van der Waals surface area (Å²) in [6.45, 7) is 6.28. The van der Waals surface area contributed by atoms with Gasteiger partial charge in [0.1, 0.15) is 6.10 Å². The van der Waals surface area contributed by atoms with Crippen LogP contribution in [0.5, 0.6) is 0 Å². The van der Waals surface area contributed by atoms with E-state index in [9.17, 15) is 9.90 Å². The van der Waals surface area contributed by atoms with Crippen LogP contribution >= 0.6 is 0 Å². The van der Waals surface area contributed by atoms with E-state index in [0.717, 1.165) is 12.8 Å². The molecule has 0 aromatic heterocycles. The van der Waals surface area contributed by atoms with Crippen molar-refractivity contribution in [1.29, 1.82) is 0 Å². The molecule has 0 saturated carbocycles. The number of aliphatic hydroxyl groups excluding tert-OH is 1. The van der Waals surface area contributed by atoms with Gasteiger partial charge in [0, 0.05) is 18.8 Å². The minimum atomic E-state index is -0.276. The van der Waals surface area contributed by atoms with Crippen molar-refractivity contribution in [3.05, 3.63) is 12.3 Å². The van der Waals surface area contributed by atoms with E-state index in [2.05, 4.69) is 13.5 Å². The molecule has 0 amide bonds. The largest absolute Gasteiger partial charge is 0.493 e. The van der Waals surface area contributed by atoms with Crippen molar-refractivity contribution < 1.29 is 19.4 Å². The molecule has 1 aliphatic rings. The first kappa shape index (κ1) is 22.0. The van der Waals surface area contributed by atoms with Crippen LogP contribution in [0, 0.1) is 5.92 Å². The summed E-state index contributed by atoms with van der Waals surface area (Å²) in [4.78, 5) is 11.8. The van der Waals surface area contributed by atoms with Gasteiger partial charge < -0.3 is 14.6 Å². The number of allylic oxidation sites excluding steroid dienone is 1. The number of carbonyl (C=O) groups is 1. The Morgan fingerprint density at radius 3 is 2.20 bits per heavy atom. The summed E-state index contributed by atoms with van der Waals surface area (Å²) in [6.07, 6.45) is 14.9. The van der Waals surface area contributed by atoms with Gasteiger partial charge in [0.15, 0.2) is 0 Å². The number of esters is 1. The van der Waals surface area contributed by atoms with E-state index in [-0.39, 0.29) is 24.6 Å². The zero-order valence-corrected chi connectivity index (χ0v) is 16.1. The summed E-state index contributed by atoms with van der Waals surface area (Å²) < 4.78 is 10.7. The fraction of sp³-hybridized carbons (Fsp3) is 0.857. The molecule has 1 fully saturated rings. The SMILES string of the molecule is C=C1C[C@@H](COC(=O)CCCCCCCCCCCCC)[C@H](CO)O1. The number of ether oxygens (including phenoxy) is 2. The van der Waals surface area contributed by atoms with E-state index < -0.39 is 0 Å². The molecule has 1 heterocycles. The van der Waals surface area contributed by atoms with Gasteiger partial charge in [0.2, 0.25) is 0 Å². The van der Waals surface area contributed by atoms with Crippen LogP contribution < -0.4 is 0 Å². The Morgan fingerprint density at radius 1 is 1.08 bits per heavy atom. The minimum absolute atomic E-state index is 0.0405. The van der Waals surface area contributed by atoms with E-state index in [1.165, 1.54) is 57.8 Å². The molecule has 0 spiro atoms. The summed E-state index contributed by atoms with van der Waals surface area (Å²) in [5.74, 6) is 0.578. The maximum absolute atomic E-state index is 11.8. The number of hydrogen-bond acceptors (Lipinski definition) is 4. The third-order valence-electron chi connectivity index (χ3n) is 4.96. The topological polar surface area (TPSA) is 55.8 Å². The average molecular weight is 355 g/mol. The minimum Gasteiger partial charge on any atom is -0.493 e. The van der Waals surface area contributed by atoms with Crippen molar-refractivity contribution in [2.75, 3.05) is 13.2 Å². The first-order valence-corrected chi connectivity index (χ1v) is 10.3. The maximum atomic E-state index is 11.8. The molecule has 4 nitrogen and oxygen atoms in total. The molecule has 1 rings (SSSR count). The third kappa shape index (κ3) is 10.5. The van der Waals surface area contributed by atoms with Crippen LogP contribution in [0.15, 0.2) is 12.3 Å². The van der Waals surface area contributed by atoms with Crippen LogP contribution in [0.4, 0.5) is 0 Å². The molecule has 0 aliphatic carbocycles. The molecule has 4 heteroatoms. The molecule has 0 unspecified atom stereocenters. The normalized spacial score (nSPS) is 19.8. The van der Waals surface area contributed by atoms with E-state index in [4.69, 9.17) is 9.47 Å². The number of hydrogen-bond donors (Lipinski definition) is 1. The summed E-state index contributed by atoms with van der Waals surface area (Å²) in [5.41, 5.74) is 0. The second-order valence-corrected chi connectivity index (χ2v) is 7.31. The Balaban J connectivity index is 1.90. The summed E-state index contributed by atoms with van der Waals surface area (Å²) in [7, 11) is 0. The quantitative estimate of drug-likeness (QED) is 0.327. The Bertz CT molecular complexity index is 367. The zero-order valence-electron chi connectivity index (χ0n) is 16.1. The molecule has 1 saturated heterocycles. The fourth-order valence-corrected chi connectivity index (χ4v) is 3.34. The van der Waals surface area contributed by atoms with Gasteiger partial charge in [0.05, 0.1) is 19.0 Å². The molecule has 0 radical (unpaired) electrons. The van der Waals surface area contributed by atoms with Crippen LogP contribution in [-0.4, -0.2) is 30.4 Å².